The molecule has 2 aromatic carbocycles. The summed E-state index contributed by atoms with van der Waals surface area (Å²) in [5.41, 5.74) is 1.07. The van der Waals surface area contributed by atoms with Gasteiger partial charge in [-0.1, -0.05) is 28.1 Å². The average molecular weight is 496 g/mol. The molecule has 0 radical (unpaired) electrons. The number of carbonyl (C=O) groups is 2. The van der Waals surface area contributed by atoms with Gasteiger partial charge >= 0.3 is 0 Å². The number of carbonyl (C=O) groups excluding carboxylic acids is 2. The molecule has 3 aromatic rings. The summed E-state index contributed by atoms with van der Waals surface area (Å²) in [6.45, 7) is 0.930. The molecule has 1 fully saturated rings. The number of furan rings is 1. The minimum Gasteiger partial charge on any atom is -0.507 e. The van der Waals surface area contributed by atoms with E-state index in [9.17, 15) is 14.7 Å². The molecule has 2 aliphatic heterocycles. The summed E-state index contributed by atoms with van der Waals surface area (Å²) >= 11 is 3.41. The fourth-order valence-corrected chi connectivity index (χ4v) is 4.22. The second-order valence-electron chi connectivity index (χ2n) is 7.42. The Morgan fingerprint density at radius 2 is 1.78 bits per heavy atom. The molecule has 0 saturated carbocycles. The van der Waals surface area contributed by atoms with Crippen LogP contribution in [0.2, 0.25) is 0 Å². The van der Waals surface area contributed by atoms with Gasteiger partial charge in [0.1, 0.15) is 24.7 Å². The van der Waals surface area contributed by atoms with E-state index in [0.29, 0.717) is 41.6 Å². The summed E-state index contributed by atoms with van der Waals surface area (Å²) in [4.78, 5) is 27.5. The highest BCUT2D eigenvalue weighted by atomic mass is 79.9. The first-order valence-electron chi connectivity index (χ1n) is 9.99. The molecule has 0 unspecified atom stereocenters. The molecule has 0 bridgehead atoms. The fraction of sp³-hybridized carbons (Fsp3) is 0.167. The van der Waals surface area contributed by atoms with Gasteiger partial charge in [0.25, 0.3) is 11.7 Å². The lowest BCUT2D eigenvalue weighted by Crippen LogP contribution is -2.29. The van der Waals surface area contributed by atoms with Crippen molar-refractivity contribution in [3.63, 3.8) is 0 Å². The summed E-state index contributed by atoms with van der Waals surface area (Å²) in [6, 6.07) is 14.9. The largest absolute Gasteiger partial charge is 0.507 e. The van der Waals surface area contributed by atoms with E-state index in [4.69, 9.17) is 13.9 Å². The number of hydrogen-bond acceptors (Lipinski definition) is 6. The molecule has 8 heteroatoms. The number of fused-ring (bicyclic) bond motifs is 1. The van der Waals surface area contributed by atoms with Gasteiger partial charge in [0.05, 0.1) is 24.4 Å². The van der Waals surface area contributed by atoms with Crippen LogP contribution in [0.15, 0.2) is 75.3 Å². The number of nitrogens with zero attached hydrogens (tertiary/aromatic N) is 1. The summed E-state index contributed by atoms with van der Waals surface area (Å²) in [5, 5.41) is 11.2. The van der Waals surface area contributed by atoms with E-state index < -0.39 is 17.7 Å². The SMILES string of the molecule is O=C1C(=O)N(Cc2ccco2)[C@@H](c2ccc(Br)cc2)C1=C(O)c1ccc2c(c1)OCCO2. The van der Waals surface area contributed by atoms with Gasteiger partial charge < -0.3 is 23.9 Å². The van der Waals surface area contributed by atoms with Crippen LogP contribution in [0, 0.1) is 0 Å². The second-order valence-corrected chi connectivity index (χ2v) is 8.33. The van der Waals surface area contributed by atoms with Crippen LogP contribution >= 0.6 is 15.9 Å². The molecule has 0 aliphatic carbocycles. The Morgan fingerprint density at radius 1 is 1.03 bits per heavy atom. The van der Waals surface area contributed by atoms with E-state index in [2.05, 4.69) is 15.9 Å². The molecular formula is C24H18BrNO6. The molecular weight excluding hydrogens is 478 g/mol. The Hall–Kier alpha value is -3.52. The maximum atomic E-state index is 13.1. The summed E-state index contributed by atoms with van der Waals surface area (Å²) in [6.07, 6.45) is 1.51. The molecule has 32 heavy (non-hydrogen) atoms. The number of aliphatic hydroxyl groups is 1. The minimum atomic E-state index is -0.776. The third-order valence-electron chi connectivity index (χ3n) is 5.45. The molecule has 3 heterocycles. The zero-order valence-corrected chi connectivity index (χ0v) is 18.4. The highest BCUT2D eigenvalue weighted by molar-refractivity contribution is 9.10. The maximum Gasteiger partial charge on any atom is 0.296 e. The maximum absolute atomic E-state index is 13.1. The van der Waals surface area contributed by atoms with Gasteiger partial charge in [-0.25, -0.2) is 0 Å². The van der Waals surface area contributed by atoms with Gasteiger partial charge in [0, 0.05) is 10.0 Å². The van der Waals surface area contributed by atoms with Gasteiger partial charge in [-0.05, 0) is 48.0 Å². The van der Waals surface area contributed by atoms with Crippen LogP contribution in [0.25, 0.3) is 5.76 Å². The van der Waals surface area contributed by atoms with Crippen molar-refractivity contribution < 1.29 is 28.6 Å². The predicted octanol–water partition coefficient (Wildman–Crippen LogP) is 4.44. The first-order valence-corrected chi connectivity index (χ1v) is 10.8. The van der Waals surface area contributed by atoms with E-state index in [-0.39, 0.29) is 17.9 Å². The minimum absolute atomic E-state index is 0.0144. The smallest absolute Gasteiger partial charge is 0.296 e. The van der Waals surface area contributed by atoms with E-state index in [1.165, 1.54) is 11.2 Å². The molecule has 0 spiro atoms. The highest BCUT2D eigenvalue weighted by Gasteiger charge is 2.46. The molecule has 1 atom stereocenters. The van der Waals surface area contributed by atoms with Gasteiger partial charge in [0.15, 0.2) is 11.5 Å². The Balaban J connectivity index is 1.63. The summed E-state index contributed by atoms with van der Waals surface area (Å²) < 4.78 is 17.4. The number of hydrogen-bond donors (Lipinski definition) is 1. The van der Waals surface area contributed by atoms with Crippen molar-refractivity contribution in [3.05, 3.63) is 87.8 Å². The lowest BCUT2D eigenvalue weighted by molar-refractivity contribution is -0.140. The van der Waals surface area contributed by atoms with Crippen molar-refractivity contribution in [2.75, 3.05) is 13.2 Å². The van der Waals surface area contributed by atoms with Crippen LogP contribution in [0.3, 0.4) is 0 Å². The zero-order chi connectivity index (χ0) is 22.2. The first kappa shape index (κ1) is 20.4. The van der Waals surface area contributed by atoms with Crippen molar-refractivity contribution in [2.45, 2.75) is 12.6 Å². The van der Waals surface area contributed by atoms with Gasteiger partial charge in [-0.15, -0.1) is 0 Å². The van der Waals surface area contributed by atoms with E-state index in [0.717, 1.165) is 4.47 Å². The van der Waals surface area contributed by atoms with E-state index in [1.807, 2.05) is 24.3 Å². The van der Waals surface area contributed by atoms with Crippen LogP contribution in [-0.4, -0.2) is 34.9 Å². The third-order valence-corrected chi connectivity index (χ3v) is 5.98. The van der Waals surface area contributed by atoms with Gasteiger partial charge in [0.2, 0.25) is 0 Å². The molecule has 7 nitrogen and oxygen atoms in total. The van der Waals surface area contributed by atoms with E-state index >= 15 is 0 Å². The number of benzene rings is 2. The average Bonchev–Trinajstić information content (AvgIpc) is 3.41. The zero-order valence-electron chi connectivity index (χ0n) is 16.8. The van der Waals surface area contributed by atoms with Crippen molar-refractivity contribution >= 4 is 33.4 Å². The lowest BCUT2D eigenvalue weighted by Gasteiger charge is -2.24. The standard InChI is InChI=1S/C24H18BrNO6/c25-16-6-3-14(4-7-16)21-20(23(28)24(29)26(21)13-17-2-1-9-30-17)22(27)15-5-8-18-19(12-15)32-11-10-31-18/h1-9,12,21,27H,10-11,13H2/t21-/m0/s1. The normalized spacial score (nSPS) is 19.4. The number of ether oxygens (including phenoxy) is 2. The van der Waals surface area contributed by atoms with Crippen LogP contribution in [0.4, 0.5) is 0 Å². The van der Waals surface area contributed by atoms with Crippen LogP contribution in [-0.2, 0) is 16.1 Å². The van der Waals surface area contributed by atoms with E-state index in [1.54, 1.807) is 30.3 Å². The summed E-state index contributed by atoms with van der Waals surface area (Å²) in [5.74, 6) is -0.144. The summed E-state index contributed by atoms with van der Waals surface area (Å²) in [7, 11) is 0. The Labute approximate surface area is 192 Å². The van der Waals surface area contributed by atoms with Crippen LogP contribution in [0.1, 0.15) is 22.9 Å². The van der Waals surface area contributed by atoms with Crippen LogP contribution in [0.5, 0.6) is 11.5 Å². The fourth-order valence-electron chi connectivity index (χ4n) is 3.95. The molecule has 1 amide bonds. The van der Waals surface area contributed by atoms with Crippen molar-refractivity contribution in [1.82, 2.24) is 4.90 Å². The number of rotatable bonds is 4. The number of amides is 1. The molecule has 5 rings (SSSR count). The molecule has 1 aromatic heterocycles. The monoisotopic (exact) mass is 495 g/mol. The van der Waals surface area contributed by atoms with Crippen molar-refractivity contribution in [2.24, 2.45) is 0 Å². The lowest BCUT2D eigenvalue weighted by atomic mass is 9.95. The number of Topliss-reactive ketones (excluding diaryl/α,β-unsaturated/α-hetero) is 1. The first-order chi connectivity index (χ1) is 15.5. The Morgan fingerprint density at radius 3 is 2.50 bits per heavy atom. The van der Waals surface area contributed by atoms with Crippen molar-refractivity contribution in [1.29, 1.82) is 0 Å². The number of halogens is 1. The molecule has 1 N–H and O–H groups in total. The predicted molar refractivity (Wildman–Crippen MR) is 118 cm³/mol. The highest BCUT2D eigenvalue weighted by Crippen LogP contribution is 2.42. The number of likely N-dealkylation sites (tertiary alicyclic amines) is 1. The van der Waals surface area contributed by atoms with Crippen molar-refractivity contribution in [3.8, 4) is 11.5 Å². The molecule has 1 saturated heterocycles. The Kier molecular flexibility index (Phi) is 5.22. The quantitative estimate of drug-likeness (QED) is 0.327. The van der Waals surface area contributed by atoms with Gasteiger partial charge in [-0.3, -0.25) is 9.59 Å². The van der Waals surface area contributed by atoms with Gasteiger partial charge in [-0.2, -0.15) is 0 Å². The third kappa shape index (κ3) is 3.56. The van der Waals surface area contributed by atoms with Crippen LogP contribution < -0.4 is 9.47 Å². The molecule has 2 aliphatic rings. The molecule has 162 valence electrons. The number of ketones is 1. The Bertz CT molecular complexity index is 1220. The number of aliphatic hydroxyl groups excluding tert-OH is 1. The second kappa shape index (κ2) is 8.20. The topological polar surface area (TPSA) is 89.2 Å².